The van der Waals surface area contributed by atoms with E-state index in [1.54, 1.807) is 12.3 Å². The first kappa shape index (κ1) is 12.6. The van der Waals surface area contributed by atoms with E-state index in [2.05, 4.69) is 10.3 Å². The summed E-state index contributed by atoms with van der Waals surface area (Å²) in [4.78, 5) is 15.8. The summed E-state index contributed by atoms with van der Waals surface area (Å²) >= 11 is 0. The van der Waals surface area contributed by atoms with E-state index < -0.39 is 0 Å². The number of aromatic nitrogens is 1. The molecular formula is C12H19N3O. The predicted octanol–water partition coefficient (Wildman–Crippen LogP) is 1.02. The van der Waals surface area contributed by atoms with Crippen LogP contribution in [0, 0.1) is 5.92 Å². The third kappa shape index (κ3) is 3.62. The van der Waals surface area contributed by atoms with Crippen LogP contribution in [0.15, 0.2) is 18.3 Å². The van der Waals surface area contributed by atoms with Gasteiger partial charge in [0.25, 0.3) is 0 Å². The van der Waals surface area contributed by atoms with Crippen LogP contribution < -0.4 is 11.1 Å². The van der Waals surface area contributed by atoms with Gasteiger partial charge >= 0.3 is 0 Å². The first-order valence-electron chi connectivity index (χ1n) is 5.58. The molecule has 0 saturated carbocycles. The van der Waals surface area contributed by atoms with Crippen LogP contribution in [0.5, 0.6) is 0 Å². The number of pyridine rings is 1. The highest BCUT2D eigenvalue weighted by Gasteiger charge is 2.14. The van der Waals surface area contributed by atoms with Crippen LogP contribution in [0.3, 0.4) is 0 Å². The molecule has 0 aromatic carbocycles. The number of ketones is 1. The van der Waals surface area contributed by atoms with Gasteiger partial charge in [0, 0.05) is 30.6 Å². The Morgan fingerprint density at radius 1 is 1.62 bits per heavy atom. The van der Waals surface area contributed by atoms with Gasteiger partial charge in [-0.2, -0.15) is 0 Å². The van der Waals surface area contributed by atoms with Crippen LogP contribution in [-0.4, -0.2) is 23.9 Å². The van der Waals surface area contributed by atoms with Crippen molar-refractivity contribution >= 4 is 11.6 Å². The summed E-state index contributed by atoms with van der Waals surface area (Å²) < 4.78 is 0. The molecule has 3 N–H and O–H groups in total. The molecule has 4 nitrogen and oxygen atoms in total. The number of nitrogens with one attached hydrogen (secondary N) is 1. The van der Waals surface area contributed by atoms with Gasteiger partial charge in [0.1, 0.15) is 11.6 Å². The van der Waals surface area contributed by atoms with Gasteiger partial charge in [-0.1, -0.05) is 19.9 Å². The van der Waals surface area contributed by atoms with Gasteiger partial charge in [-0.25, -0.2) is 4.98 Å². The summed E-state index contributed by atoms with van der Waals surface area (Å²) in [6.45, 7) is 5.55. The molecular weight excluding hydrogens is 202 g/mol. The largest absolute Gasteiger partial charge is 0.383 e. The monoisotopic (exact) mass is 221 g/mol. The highest BCUT2D eigenvalue weighted by atomic mass is 16.1. The minimum atomic E-state index is 0.0135. The van der Waals surface area contributed by atoms with Crippen LogP contribution in [0.2, 0.25) is 0 Å². The van der Waals surface area contributed by atoms with Gasteiger partial charge in [-0.3, -0.25) is 4.79 Å². The smallest absolute Gasteiger partial charge is 0.141 e. The second-order valence-corrected chi connectivity index (χ2v) is 3.90. The molecule has 0 aliphatic heterocycles. The van der Waals surface area contributed by atoms with E-state index in [-0.39, 0.29) is 11.7 Å². The van der Waals surface area contributed by atoms with Gasteiger partial charge in [0.2, 0.25) is 0 Å². The van der Waals surface area contributed by atoms with Crippen LogP contribution in [0.1, 0.15) is 19.4 Å². The number of anilines is 1. The zero-order valence-corrected chi connectivity index (χ0v) is 9.86. The Labute approximate surface area is 96.3 Å². The van der Waals surface area contributed by atoms with E-state index in [9.17, 15) is 4.79 Å². The van der Waals surface area contributed by atoms with Crippen molar-refractivity contribution in [2.45, 2.75) is 20.3 Å². The lowest BCUT2D eigenvalue weighted by atomic mass is 10.00. The highest BCUT2D eigenvalue weighted by molar-refractivity contribution is 5.84. The normalized spacial score (nSPS) is 12.4. The third-order valence-corrected chi connectivity index (χ3v) is 2.54. The first-order chi connectivity index (χ1) is 7.65. The summed E-state index contributed by atoms with van der Waals surface area (Å²) in [5, 5.41) is 3.16. The molecule has 4 heteroatoms. The minimum absolute atomic E-state index is 0.0135. The molecule has 0 fully saturated rings. The van der Waals surface area contributed by atoms with Crippen molar-refractivity contribution in [3.8, 4) is 0 Å². The van der Waals surface area contributed by atoms with E-state index >= 15 is 0 Å². The van der Waals surface area contributed by atoms with E-state index in [0.29, 0.717) is 12.2 Å². The highest BCUT2D eigenvalue weighted by Crippen LogP contribution is 2.10. The molecule has 0 aliphatic carbocycles. The molecule has 0 saturated heterocycles. The summed E-state index contributed by atoms with van der Waals surface area (Å²) in [6, 6.07) is 3.65. The fraction of sp³-hybridized carbons (Fsp3) is 0.500. The van der Waals surface area contributed by atoms with Gasteiger partial charge in [-0.05, 0) is 12.6 Å². The fourth-order valence-electron chi connectivity index (χ4n) is 1.44. The number of hydrogen-bond donors (Lipinski definition) is 2. The average Bonchev–Trinajstić information content (AvgIpc) is 2.28. The van der Waals surface area contributed by atoms with E-state index in [0.717, 1.165) is 18.7 Å². The van der Waals surface area contributed by atoms with Crippen molar-refractivity contribution in [2.24, 2.45) is 5.92 Å². The van der Waals surface area contributed by atoms with Crippen molar-refractivity contribution in [1.82, 2.24) is 10.3 Å². The number of nitrogen functional groups attached to an aromatic ring is 1. The Morgan fingerprint density at radius 3 is 3.00 bits per heavy atom. The molecule has 1 aromatic heterocycles. The molecule has 1 atom stereocenters. The van der Waals surface area contributed by atoms with Crippen molar-refractivity contribution in [2.75, 3.05) is 18.8 Å². The number of carbonyl (C=O) groups excluding carboxylic acids is 1. The Balaban J connectivity index is 2.54. The maximum Gasteiger partial charge on any atom is 0.141 e. The Morgan fingerprint density at radius 2 is 2.38 bits per heavy atom. The standard InChI is InChI=1S/C12H19N3O/c1-3-14-8-9(2)11(16)7-10-5-4-6-15-12(10)13/h4-6,9,14H,3,7-8H2,1-2H3,(H2,13,15). The first-order valence-corrected chi connectivity index (χ1v) is 5.58. The van der Waals surface area contributed by atoms with Crippen molar-refractivity contribution in [3.05, 3.63) is 23.9 Å². The molecule has 1 unspecified atom stereocenters. The van der Waals surface area contributed by atoms with Crippen LogP contribution in [0.25, 0.3) is 0 Å². The number of hydrogen-bond acceptors (Lipinski definition) is 4. The molecule has 0 spiro atoms. The summed E-state index contributed by atoms with van der Waals surface area (Å²) in [5.74, 6) is 0.659. The maximum absolute atomic E-state index is 11.8. The van der Waals surface area contributed by atoms with Gasteiger partial charge in [-0.15, -0.1) is 0 Å². The zero-order chi connectivity index (χ0) is 12.0. The zero-order valence-electron chi connectivity index (χ0n) is 9.86. The third-order valence-electron chi connectivity index (χ3n) is 2.54. The minimum Gasteiger partial charge on any atom is -0.383 e. The number of nitrogens with zero attached hydrogens (tertiary/aromatic N) is 1. The topological polar surface area (TPSA) is 68.0 Å². The van der Waals surface area contributed by atoms with Crippen molar-refractivity contribution in [3.63, 3.8) is 0 Å². The number of rotatable bonds is 6. The molecule has 16 heavy (non-hydrogen) atoms. The number of nitrogens with two attached hydrogens (primary N) is 1. The Kier molecular flexibility index (Phi) is 4.92. The van der Waals surface area contributed by atoms with Gasteiger partial charge in [0.15, 0.2) is 0 Å². The molecule has 0 amide bonds. The van der Waals surface area contributed by atoms with E-state index in [1.165, 1.54) is 0 Å². The summed E-state index contributed by atoms with van der Waals surface area (Å²) in [5.41, 5.74) is 6.51. The second kappa shape index (κ2) is 6.23. The molecule has 1 heterocycles. The lowest BCUT2D eigenvalue weighted by Crippen LogP contribution is -2.27. The summed E-state index contributed by atoms with van der Waals surface area (Å²) in [6.07, 6.45) is 2.00. The number of carbonyl (C=O) groups is 1. The molecule has 88 valence electrons. The molecule has 0 aliphatic rings. The molecule has 0 radical (unpaired) electrons. The van der Waals surface area contributed by atoms with Crippen LogP contribution in [0.4, 0.5) is 5.82 Å². The fourth-order valence-corrected chi connectivity index (χ4v) is 1.44. The van der Waals surface area contributed by atoms with Crippen LogP contribution in [-0.2, 0) is 11.2 Å². The van der Waals surface area contributed by atoms with Gasteiger partial charge in [0.05, 0.1) is 0 Å². The molecule has 1 rings (SSSR count). The van der Waals surface area contributed by atoms with E-state index in [1.807, 2.05) is 19.9 Å². The number of Topliss-reactive ketones (excluding diaryl/α,β-unsaturated/α-hetero) is 1. The lowest BCUT2D eigenvalue weighted by molar-refractivity contribution is -0.121. The molecule has 0 bridgehead atoms. The lowest BCUT2D eigenvalue weighted by Gasteiger charge is -2.11. The van der Waals surface area contributed by atoms with Gasteiger partial charge < -0.3 is 11.1 Å². The van der Waals surface area contributed by atoms with E-state index in [4.69, 9.17) is 5.73 Å². The Bertz CT molecular complexity index is 352. The van der Waals surface area contributed by atoms with Crippen molar-refractivity contribution < 1.29 is 4.79 Å². The predicted molar refractivity (Wildman–Crippen MR) is 65.1 cm³/mol. The summed E-state index contributed by atoms with van der Waals surface area (Å²) in [7, 11) is 0. The second-order valence-electron chi connectivity index (χ2n) is 3.90. The quantitative estimate of drug-likeness (QED) is 0.752. The average molecular weight is 221 g/mol. The Hall–Kier alpha value is -1.42. The maximum atomic E-state index is 11.8. The van der Waals surface area contributed by atoms with Crippen molar-refractivity contribution in [1.29, 1.82) is 0 Å². The SMILES string of the molecule is CCNCC(C)C(=O)Cc1cccnc1N. The molecule has 1 aromatic rings. The van der Waals surface area contributed by atoms with Crippen LogP contribution >= 0.6 is 0 Å².